The van der Waals surface area contributed by atoms with Crippen molar-refractivity contribution < 1.29 is 14.3 Å². The highest BCUT2D eigenvalue weighted by Crippen LogP contribution is 2.27. The van der Waals surface area contributed by atoms with Crippen molar-refractivity contribution in [2.24, 2.45) is 5.73 Å². The van der Waals surface area contributed by atoms with Crippen LogP contribution >= 0.6 is 0 Å². The number of nitrogens with two attached hydrogens (primary N) is 1. The minimum atomic E-state index is -1.01. The largest absolute Gasteiger partial charge is 0.480 e. The van der Waals surface area contributed by atoms with E-state index in [2.05, 4.69) is 0 Å². The first-order chi connectivity index (χ1) is 8.09. The standard InChI is InChI=1S/C12H14N2O3/c1-14(6-9(13)12(15)16)10-7-17-11-5-3-2-4-8(10)11/h2-5,7,9H,6,13H2,1H3,(H,15,16). The number of benzene rings is 1. The number of rotatable bonds is 4. The van der Waals surface area contributed by atoms with Gasteiger partial charge in [0, 0.05) is 19.0 Å². The second kappa shape index (κ2) is 4.47. The molecule has 17 heavy (non-hydrogen) atoms. The number of hydrogen-bond donors (Lipinski definition) is 2. The predicted octanol–water partition coefficient (Wildman–Crippen LogP) is 1.28. The Morgan fingerprint density at radius 2 is 2.24 bits per heavy atom. The third-order valence-corrected chi connectivity index (χ3v) is 2.66. The molecule has 3 N–H and O–H groups in total. The third kappa shape index (κ3) is 2.24. The van der Waals surface area contributed by atoms with Crippen molar-refractivity contribution in [3.63, 3.8) is 0 Å². The summed E-state index contributed by atoms with van der Waals surface area (Å²) in [6.07, 6.45) is 1.61. The Kier molecular flexibility index (Phi) is 3.01. The number of carboxylic acids is 1. The van der Waals surface area contributed by atoms with Gasteiger partial charge >= 0.3 is 5.97 Å². The van der Waals surface area contributed by atoms with E-state index >= 15 is 0 Å². The van der Waals surface area contributed by atoms with Crippen molar-refractivity contribution >= 4 is 22.6 Å². The maximum Gasteiger partial charge on any atom is 0.322 e. The van der Waals surface area contributed by atoms with E-state index in [0.717, 1.165) is 16.7 Å². The van der Waals surface area contributed by atoms with Gasteiger partial charge in [-0.1, -0.05) is 12.1 Å². The highest BCUT2D eigenvalue weighted by molar-refractivity contribution is 5.91. The average Bonchev–Trinajstić information content (AvgIpc) is 2.72. The number of para-hydroxylation sites is 1. The van der Waals surface area contributed by atoms with Gasteiger partial charge in [0.1, 0.15) is 17.9 Å². The molecule has 1 unspecified atom stereocenters. The molecule has 2 aromatic rings. The molecule has 0 saturated heterocycles. The Bertz CT molecular complexity index is 535. The zero-order chi connectivity index (χ0) is 12.4. The molecule has 0 radical (unpaired) electrons. The van der Waals surface area contributed by atoms with E-state index in [-0.39, 0.29) is 6.54 Å². The Labute approximate surface area is 98.4 Å². The summed E-state index contributed by atoms with van der Waals surface area (Å²) >= 11 is 0. The molecule has 1 aromatic carbocycles. The summed E-state index contributed by atoms with van der Waals surface area (Å²) in [7, 11) is 1.79. The lowest BCUT2D eigenvalue weighted by Gasteiger charge is -2.19. The second-order valence-electron chi connectivity index (χ2n) is 3.94. The molecule has 0 saturated carbocycles. The quantitative estimate of drug-likeness (QED) is 0.833. The monoisotopic (exact) mass is 234 g/mol. The van der Waals surface area contributed by atoms with Crippen LogP contribution in [-0.2, 0) is 4.79 Å². The van der Waals surface area contributed by atoms with Crippen LogP contribution in [0.3, 0.4) is 0 Å². The molecule has 1 aromatic heterocycles. The molecule has 0 aliphatic rings. The number of aliphatic carboxylic acids is 1. The average molecular weight is 234 g/mol. The van der Waals surface area contributed by atoms with E-state index in [4.69, 9.17) is 15.3 Å². The summed E-state index contributed by atoms with van der Waals surface area (Å²) in [5.74, 6) is -1.01. The Morgan fingerprint density at radius 3 is 2.94 bits per heavy atom. The lowest BCUT2D eigenvalue weighted by atomic mass is 10.2. The van der Waals surface area contributed by atoms with Gasteiger partial charge in [0.15, 0.2) is 0 Å². The zero-order valence-corrected chi connectivity index (χ0v) is 9.46. The smallest absolute Gasteiger partial charge is 0.322 e. The summed E-state index contributed by atoms with van der Waals surface area (Å²) in [6.45, 7) is 0.235. The van der Waals surface area contributed by atoms with E-state index in [1.165, 1.54) is 0 Å². The maximum absolute atomic E-state index is 10.7. The van der Waals surface area contributed by atoms with Gasteiger partial charge < -0.3 is 20.2 Å². The van der Waals surface area contributed by atoms with Crippen LogP contribution < -0.4 is 10.6 Å². The lowest BCUT2D eigenvalue weighted by molar-refractivity contribution is -0.138. The van der Waals surface area contributed by atoms with E-state index in [9.17, 15) is 4.79 Å². The van der Waals surface area contributed by atoms with Crippen LogP contribution in [-0.4, -0.2) is 30.7 Å². The zero-order valence-electron chi connectivity index (χ0n) is 9.46. The summed E-state index contributed by atoms with van der Waals surface area (Å²) in [5, 5.41) is 9.72. The van der Waals surface area contributed by atoms with E-state index in [0.29, 0.717) is 0 Å². The van der Waals surface area contributed by atoms with Gasteiger partial charge in [0.25, 0.3) is 0 Å². The van der Waals surface area contributed by atoms with Gasteiger partial charge in [-0.15, -0.1) is 0 Å². The first kappa shape index (κ1) is 11.5. The lowest BCUT2D eigenvalue weighted by Crippen LogP contribution is -2.41. The molecule has 0 bridgehead atoms. The topological polar surface area (TPSA) is 79.7 Å². The number of likely N-dealkylation sites (N-methyl/N-ethyl adjacent to an activating group) is 1. The van der Waals surface area contributed by atoms with Crippen molar-refractivity contribution in [1.29, 1.82) is 0 Å². The molecule has 0 aliphatic heterocycles. The van der Waals surface area contributed by atoms with Gasteiger partial charge in [0.05, 0.1) is 5.69 Å². The normalized spacial score (nSPS) is 12.6. The number of carboxylic acid groups (broad SMARTS) is 1. The van der Waals surface area contributed by atoms with E-state index in [1.54, 1.807) is 18.2 Å². The first-order valence-corrected chi connectivity index (χ1v) is 5.25. The van der Waals surface area contributed by atoms with Crippen LogP contribution in [0, 0.1) is 0 Å². The molecule has 5 heteroatoms. The molecule has 0 fully saturated rings. The van der Waals surface area contributed by atoms with Crippen molar-refractivity contribution in [3.05, 3.63) is 30.5 Å². The van der Waals surface area contributed by atoms with Gasteiger partial charge in [-0.3, -0.25) is 4.79 Å². The fourth-order valence-electron chi connectivity index (χ4n) is 1.73. The van der Waals surface area contributed by atoms with Crippen molar-refractivity contribution in [3.8, 4) is 0 Å². The summed E-state index contributed by atoms with van der Waals surface area (Å²) < 4.78 is 5.38. The predicted molar refractivity (Wildman–Crippen MR) is 65.1 cm³/mol. The van der Waals surface area contributed by atoms with Gasteiger partial charge in [-0.05, 0) is 12.1 Å². The molecule has 1 heterocycles. The molecular formula is C12H14N2O3. The Morgan fingerprint density at radius 1 is 1.53 bits per heavy atom. The van der Waals surface area contributed by atoms with Crippen LogP contribution in [0.25, 0.3) is 11.0 Å². The van der Waals surface area contributed by atoms with E-state index < -0.39 is 12.0 Å². The van der Waals surface area contributed by atoms with Crippen LogP contribution in [0.4, 0.5) is 5.69 Å². The molecular weight excluding hydrogens is 220 g/mol. The van der Waals surface area contributed by atoms with Crippen molar-refractivity contribution in [2.75, 3.05) is 18.5 Å². The van der Waals surface area contributed by atoms with Crippen LogP contribution in [0.2, 0.25) is 0 Å². The number of carbonyl (C=O) groups is 1. The summed E-state index contributed by atoms with van der Waals surface area (Å²) in [6, 6.07) is 6.68. The Hall–Kier alpha value is -2.01. The number of furan rings is 1. The summed E-state index contributed by atoms with van der Waals surface area (Å²) in [5.41, 5.74) is 7.12. The Balaban J connectivity index is 2.25. The minimum absolute atomic E-state index is 0.235. The van der Waals surface area contributed by atoms with Gasteiger partial charge in [-0.2, -0.15) is 0 Å². The summed E-state index contributed by atoms with van der Waals surface area (Å²) in [4.78, 5) is 12.5. The van der Waals surface area contributed by atoms with Gasteiger partial charge in [0.2, 0.25) is 0 Å². The van der Waals surface area contributed by atoms with Gasteiger partial charge in [-0.25, -0.2) is 0 Å². The number of hydrogen-bond acceptors (Lipinski definition) is 4. The van der Waals surface area contributed by atoms with E-state index in [1.807, 2.05) is 24.3 Å². The third-order valence-electron chi connectivity index (χ3n) is 2.66. The molecule has 0 aliphatic carbocycles. The number of fused-ring (bicyclic) bond motifs is 1. The number of nitrogens with zero attached hydrogens (tertiary/aromatic N) is 1. The van der Waals surface area contributed by atoms with Crippen LogP contribution in [0.5, 0.6) is 0 Å². The fraction of sp³-hybridized carbons (Fsp3) is 0.250. The van der Waals surface area contributed by atoms with Crippen molar-refractivity contribution in [1.82, 2.24) is 0 Å². The maximum atomic E-state index is 10.7. The molecule has 1 atom stereocenters. The molecule has 5 nitrogen and oxygen atoms in total. The highest BCUT2D eigenvalue weighted by atomic mass is 16.4. The van der Waals surface area contributed by atoms with Crippen molar-refractivity contribution in [2.45, 2.75) is 6.04 Å². The van der Waals surface area contributed by atoms with Crippen LogP contribution in [0.15, 0.2) is 34.9 Å². The molecule has 90 valence electrons. The fourth-order valence-corrected chi connectivity index (χ4v) is 1.73. The molecule has 0 amide bonds. The minimum Gasteiger partial charge on any atom is -0.480 e. The molecule has 0 spiro atoms. The first-order valence-electron chi connectivity index (χ1n) is 5.25. The van der Waals surface area contributed by atoms with Crippen LogP contribution in [0.1, 0.15) is 0 Å². The SMILES string of the molecule is CN(CC(N)C(=O)O)c1coc2ccccc12. The number of anilines is 1. The second-order valence-corrected chi connectivity index (χ2v) is 3.94. The highest BCUT2D eigenvalue weighted by Gasteiger charge is 2.17. The molecule has 2 rings (SSSR count).